The molecule has 7 heteroatoms. The Kier molecular flexibility index (Phi) is 5.05. The first-order chi connectivity index (χ1) is 8.94. The van der Waals surface area contributed by atoms with Crippen LogP contribution in [0.25, 0.3) is 0 Å². The number of nitrogens with zero attached hydrogens (tertiary/aromatic N) is 2. The Morgan fingerprint density at radius 1 is 1.26 bits per heavy atom. The Hall–Kier alpha value is -0.370. The maximum atomic E-state index is 12.5. The zero-order chi connectivity index (χ0) is 13.9. The third kappa shape index (κ3) is 5.64. The van der Waals surface area contributed by atoms with Gasteiger partial charge in [-0.25, -0.2) is 0 Å². The molecular formula is C12H22F3N3O. The molecule has 1 heterocycles. The van der Waals surface area contributed by atoms with Crippen molar-refractivity contribution in [3.63, 3.8) is 0 Å². The van der Waals surface area contributed by atoms with Crippen LogP contribution in [0, 0.1) is 0 Å². The van der Waals surface area contributed by atoms with Gasteiger partial charge in [-0.05, 0) is 12.8 Å². The van der Waals surface area contributed by atoms with E-state index in [4.69, 9.17) is 0 Å². The van der Waals surface area contributed by atoms with Gasteiger partial charge in [0.25, 0.3) is 0 Å². The van der Waals surface area contributed by atoms with Crippen LogP contribution in [0.15, 0.2) is 0 Å². The quantitative estimate of drug-likeness (QED) is 0.733. The molecule has 1 aliphatic carbocycles. The van der Waals surface area contributed by atoms with Crippen molar-refractivity contribution in [3.8, 4) is 0 Å². The third-order valence-electron chi connectivity index (χ3n) is 3.57. The molecule has 1 atom stereocenters. The molecule has 0 spiro atoms. The van der Waals surface area contributed by atoms with Gasteiger partial charge < -0.3 is 10.4 Å². The average Bonchev–Trinajstić information content (AvgIpc) is 3.11. The molecule has 2 fully saturated rings. The minimum Gasteiger partial charge on any atom is -0.390 e. The van der Waals surface area contributed by atoms with Gasteiger partial charge in [0.05, 0.1) is 12.6 Å². The van der Waals surface area contributed by atoms with Crippen molar-refractivity contribution >= 4 is 0 Å². The van der Waals surface area contributed by atoms with E-state index in [1.807, 2.05) is 0 Å². The van der Waals surface area contributed by atoms with Gasteiger partial charge in [0.1, 0.15) is 0 Å². The smallest absolute Gasteiger partial charge is 0.390 e. The van der Waals surface area contributed by atoms with Gasteiger partial charge in [-0.1, -0.05) is 0 Å². The van der Waals surface area contributed by atoms with Crippen LogP contribution in [0.1, 0.15) is 12.8 Å². The minimum atomic E-state index is -4.18. The second-order valence-corrected chi connectivity index (χ2v) is 5.48. The van der Waals surface area contributed by atoms with E-state index >= 15 is 0 Å². The minimum absolute atomic E-state index is 0.0132. The van der Waals surface area contributed by atoms with Crippen LogP contribution >= 0.6 is 0 Å². The van der Waals surface area contributed by atoms with E-state index in [1.54, 1.807) is 0 Å². The van der Waals surface area contributed by atoms with Crippen LogP contribution in [0.3, 0.4) is 0 Å². The normalized spacial score (nSPS) is 23.8. The number of β-amino-alcohol motifs (C(OH)–C–C–N with tert-alkyl or cyclic N) is 1. The molecule has 0 bridgehead atoms. The fraction of sp³-hybridized carbons (Fsp3) is 1.00. The molecule has 1 aliphatic heterocycles. The van der Waals surface area contributed by atoms with Crippen LogP contribution in [0.4, 0.5) is 13.2 Å². The van der Waals surface area contributed by atoms with Crippen molar-refractivity contribution in [2.75, 3.05) is 45.8 Å². The van der Waals surface area contributed by atoms with Crippen LogP contribution in [-0.4, -0.2) is 79.0 Å². The molecule has 4 nitrogen and oxygen atoms in total. The van der Waals surface area contributed by atoms with E-state index in [-0.39, 0.29) is 12.6 Å². The Balaban J connectivity index is 1.76. The lowest BCUT2D eigenvalue weighted by Gasteiger charge is -2.31. The van der Waals surface area contributed by atoms with Gasteiger partial charge in [-0.15, -0.1) is 0 Å². The zero-order valence-corrected chi connectivity index (χ0v) is 11.0. The summed E-state index contributed by atoms with van der Waals surface area (Å²) in [6.07, 6.45) is -3.26. The predicted octanol–water partition coefficient (Wildman–Crippen LogP) is 0.279. The average molecular weight is 281 g/mol. The Morgan fingerprint density at radius 3 is 2.42 bits per heavy atom. The van der Waals surface area contributed by atoms with Gasteiger partial charge in [-0.2, -0.15) is 13.2 Å². The zero-order valence-electron chi connectivity index (χ0n) is 11.0. The van der Waals surface area contributed by atoms with Gasteiger partial charge in [0.15, 0.2) is 0 Å². The standard InChI is InChI=1S/C12H22F3N3O/c13-12(14,15)9-18(10-1-2-10)8-11(19)7-17-5-3-16-4-6-17/h10-11,16,19H,1-9H2. The molecule has 0 amide bonds. The second kappa shape index (κ2) is 6.39. The Labute approximate surface area is 111 Å². The highest BCUT2D eigenvalue weighted by Gasteiger charge is 2.38. The van der Waals surface area contributed by atoms with E-state index < -0.39 is 18.8 Å². The molecule has 19 heavy (non-hydrogen) atoms. The number of hydrogen-bond acceptors (Lipinski definition) is 4. The van der Waals surface area contributed by atoms with Crippen molar-refractivity contribution in [3.05, 3.63) is 0 Å². The van der Waals surface area contributed by atoms with E-state index in [0.29, 0.717) is 6.54 Å². The first-order valence-corrected chi connectivity index (χ1v) is 6.86. The van der Waals surface area contributed by atoms with Gasteiger partial charge in [-0.3, -0.25) is 9.80 Å². The van der Waals surface area contributed by atoms with E-state index in [9.17, 15) is 18.3 Å². The van der Waals surface area contributed by atoms with Crippen LogP contribution in [-0.2, 0) is 0 Å². The summed E-state index contributed by atoms with van der Waals surface area (Å²) in [5.41, 5.74) is 0. The molecule has 112 valence electrons. The number of hydrogen-bond donors (Lipinski definition) is 2. The molecule has 1 saturated heterocycles. The lowest BCUT2D eigenvalue weighted by molar-refractivity contribution is -0.150. The first kappa shape index (κ1) is 15.0. The number of alkyl halides is 3. The highest BCUT2D eigenvalue weighted by Crippen LogP contribution is 2.30. The molecule has 0 aromatic heterocycles. The number of aliphatic hydroxyl groups excluding tert-OH is 1. The Bertz CT molecular complexity index is 278. The molecular weight excluding hydrogens is 259 g/mol. The van der Waals surface area contributed by atoms with Crippen molar-refractivity contribution in [2.24, 2.45) is 0 Å². The third-order valence-corrected chi connectivity index (χ3v) is 3.57. The topological polar surface area (TPSA) is 38.7 Å². The summed E-state index contributed by atoms with van der Waals surface area (Å²) in [5.74, 6) is 0. The largest absolute Gasteiger partial charge is 0.401 e. The number of halogens is 3. The molecule has 1 unspecified atom stereocenters. The Morgan fingerprint density at radius 2 is 1.89 bits per heavy atom. The van der Waals surface area contributed by atoms with Crippen molar-refractivity contribution in [1.82, 2.24) is 15.1 Å². The molecule has 2 aliphatic rings. The summed E-state index contributed by atoms with van der Waals surface area (Å²) in [7, 11) is 0. The summed E-state index contributed by atoms with van der Waals surface area (Å²) in [5, 5.41) is 13.2. The summed E-state index contributed by atoms with van der Waals surface area (Å²) in [6, 6.07) is 0.0132. The van der Waals surface area contributed by atoms with E-state index in [0.717, 1.165) is 39.0 Å². The highest BCUT2D eigenvalue weighted by molar-refractivity contribution is 4.87. The summed E-state index contributed by atoms with van der Waals surface area (Å²) in [6.45, 7) is 3.12. The number of aliphatic hydroxyl groups is 1. The summed E-state index contributed by atoms with van der Waals surface area (Å²) in [4.78, 5) is 3.48. The molecule has 2 N–H and O–H groups in total. The maximum absolute atomic E-state index is 12.5. The van der Waals surface area contributed by atoms with Gasteiger partial charge in [0, 0.05) is 45.3 Å². The predicted molar refractivity (Wildman–Crippen MR) is 66.0 cm³/mol. The number of nitrogens with one attached hydrogen (secondary N) is 1. The molecule has 1 saturated carbocycles. The summed E-state index contributed by atoms with van der Waals surface area (Å²) >= 11 is 0. The number of rotatable bonds is 6. The number of piperazine rings is 1. The van der Waals surface area contributed by atoms with Crippen molar-refractivity contribution in [1.29, 1.82) is 0 Å². The second-order valence-electron chi connectivity index (χ2n) is 5.48. The van der Waals surface area contributed by atoms with E-state index in [2.05, 4.69) is 10.2 Å². The highest BCUT2D eigenvalue weighted by atomic mass is 19.4. The lowest BCUT2D eigenvalue weighted by atomic mass is 10.2. The first-order valence-electron chi connectivity index (χ1n) is 6.86. The molecule has 2 rings (SSSR count). The van der Waals surface area contributed by atoms with Crippen LogP contribution < -0.4 is 5.32 Å². The SMILES string of the molecule is OC(CN1CCNCC1)CN(CC(F)(F)F)C1CC1. The van der Waals surface area contributed by atoms with Crippen LogP contribution in [0.5, 0.6) is 0 Å². The molecule has 0 aromatic rings. The maximum Gasteiger partial charge on any atom is 0.401 e. The molecule has 0 aromatic carbocycles. The lowest BCUT2D eigenvalue weighted by Crippen LogP contribution is -2.49. The molecule has 0 radical (unpaired) electrons. The summed E-state index contributed by atoms with van der Waals surface area (Å²) < 4.78 is 37.4. The fourth-order valence-corrected chi connectivity index (χ4v) is 2.53. The van der Waals surface area contributed by atoms with Crippen LogP contribution in [0.2, 0.25) is 0 Å². The van der Waals surface area contributed by atoms with Gasteiger partial charge >= 0.3 is 6.18 Å². The monoisotopic (exact) mass is 281 g/mol. The van der Waals surface area contributed by atoms with Crippen molar-refractivity contribution in [2.45, 2.75) is 31.2 Å². The van der Waals surface area contributed by atoms with Crippen molar-refractivity contribution < 1.29 is 18.3 Å². The fourth-order valence-electron chi connectivity index (χ4n) is 2.53. The van der Waals surface area contributed by atoms with Gasteiger partial charge in [0.2, 0.25) is 0 Å². The van der Waals surface area contributed by atoms with E-state index in [1.165, 1.54) is 4.90 Å².